The van der Waals surface area contributed by atoms with Gasteiger partial charge in [0.15, 0.2) is 23.0 Å². The lowest BCUT2D eigenvalue weighted by atomic mass is 10.1. The Morgan fingerprint density at radius 2 is 1.19 bits per heavy atom. The minimum absolute atomic E-state index is 0.240. The van der Waals surface area contributed by atoms with E-state index in [1.807, 2.05) is 54.6 Å². The molecule has 1 heterocycles. The van der Waals surface area contributed by atoms with Crippen LogP contribution < -0.4 is 23.7 Å². The van der Waals surface area contributed by atoms with Gasteiger partial charge in [0, 0.05) is 22.3 Å². The molecule has 0 fully saturated rings. The highest BCUT2D eigenvalue weighted by Gasteiger charge is 2.12. The fraction of sp³-hybridized carbons (Fsp3) is 0.154. The van der Waals surface area contributed by atoms with Gasteiger partial charge in [0.05, 0.1) is 21.3 Å². The minimum Gasteiger partial charge on any atom is -0.497 e. The maximum atomic E-state index is 5.42. The van der Waals surface area contributed by atoms with Crippen molar-refractivity contribution in [2.75, 3.05) is 28.1 Å². The third-order valence-corrected chi connectivity index (χ3v) is 4.60. The van der Waals surface area contributed by atoms with E-state index in [0.717, 1.165) is 28.0 Å². The van der Waals surface area contributed by atoms with Gasteiger partial charge < -0.3 is 23.7 Å². The van der Waals surface area contributed by atoms with Crippen molar-refractivity contribution in [2.45, 2.75) is 0 Å². The van der Waals surface area contributed by atoms with Gasteiger partial charge in [-0.2, -0.15) is 0 Å². The van der Waals surface area contributed by atoms with Crippen LogP contribution in [0.3, 0.4) is 0 Å². The van der Waals surface area contributed by atoms with Gasteiger partial charge in [-0.3, -0.25) is 0 Å². The molecular formula is C26H20O5. The van der Waals surface area contributed by atoms with Crippen LogP contribution in [0.4, 0.5) is 0 Å². The van der Waals surface area contributed by atoms with Crippen LogP contribution in [-0.4, -0.2) is 28.1 Å². The first kappa shape index (κ1) is 20.1. The Kier molecular flexibility index (Phi) is 5.87. The van der Waals surface area contributed by atoms with E-state index in [1.165, 1.54) is 0 Å². The first-order valence-electron chi connectivity index (χ1n) is 9.53. The van der Waals surface area contributed by atoms with E-state index in [1.54, 1.807) is 21.3 Å². The highest BCUT2D eigenvalue weighted by atomic mass is 16.7. The number of fused-ring (bicyclic) bond motifs is 1. The number of benzene rings is 3. The van der Waals surface area contributed by atoms with E-state index < -0.39 is 0 Å². The fourth-order valence-corrected chi connectivity index (χ4v) is 3.04. The average Bonchev–Trinajstić information content (AvgIpc) is 3.29. The largest absolute Gasteiger partial charge is 0.497 e. The molecule has 0 N–H and O–H groups in total. The Morgan fingerprint density at radius 1 is 0.581 bits per heavy atom. The maximum absolute atomic E-state index is 5.42. The molecule has 3 aromatic rings. The summed E-state index contributed by atoms with van der Waals surface area (Å²) in [5.74, 6) is 16.1. The van der Waals surface area contributed by atoms with Crippen LogP contribution in [0.5, 0.6) is 28.7 Å². The standard InChI is InChI=1S/C26H20O5/c1-27-22-13-20(6-4-18-8-10-23(28-2)25(15-18)29-3)12-21(14-22)7-5-19-9-11-24-26(16-19)31-17-30-24/h8-16H,17H2,1-3H3. The maximum Gasteiger partial charge on any atom is 0.231 e. The van der Waals surface area contributed by atoms with E-state index in [0.29, 0.717) is 23.0 Å². The van der Waals surface area contributed by atoms with Gasteiger partial charge in [0.1, 0.15) is 5.75 Å². The summed E-state index contributed by atoms with van der Waals surface area (Å²) in [5.41, 5.74) is 3.25. The molecule has 0 radical (unpaired) electrons. The Bertz CT molecular complexity index is 1240. The van der Waals surface area contributed by atoms with Crippen molar-refractivity contribution < 1.29 is 23.7 Å². The summed E-state index contributed by atoms with van der Waals surface area (Å²) in [4.78, 5) is 0. The van der Waals surface area contributed by atoms with Crippen molar-refractivity contribution in [3.63, 3.8) is 0 Å². The fourth-order valence-electron chi connectivity index (χ4n) is 3.04. The van der Waals surface area contributed by atoms with Gasteiger partial charge in [-0.25, -0.2) is 0 Å². The third-order valence-electron chi connectivity index (χ3n) is 4.60. The molecule has 0 unspecified atom stereocenters. The van der Waals surface area contributed by atoms with Crippen LogP contribution in [0.15, 0.2) is 54.6 Å². The molecule has 0 saturated carbocycles. The van der Waals surface area contributed by atoms with E-state index in [2.05, 4.69) is 23.7 Å². The molecular weight excluding hydrogens is 392 g/mol. The smallest absolute Gasteiger partial charge is 0.231 e. The van der Waals surface area contributed by atoms with Crippen molar-refractivity contribution >= 4 is 0 Å². The second kappa shape index (κ2) is 9.07. The molecule has 0 bridgehead atoms. The van der Waals surface area contributed by atoms with E-state index >= 15 is 0 Å². The molecule has 5 heteroatoms. The zero-order chi connectivity index (χ0) is 21.6. The van der Waals surface area contributed by atoms with Gasteiger partial charge in [-0.05, 0) is 54.6 Å². The van der Waals surface area contributed by atoms with E-state index in [-0.39, 0.29) is 6.79 Å². The number of hydrogen-bond acceptors (Lipinski definition) is 5. The van der Waals surface area contributed by atoms with Crippen LogP contribution >= 0.6 is 0 Å². The van der Waals surface area contributed by atoms with Crippen molar-refractivity contribution in [3.8, 4) is 52.4 Å². The molecule has 1 aliphatic rings. The van der Waals surface area contributed by atoms with Crippen molar-refractivity contribution in [3.05, 3.63) is 76.9 Å². The molecule has 0 aromatic heterocycles. The zero-order valence-electron chi connectivity index (χ0n) is 17.4. The van der Waals surface area contributed by atoms with Gasteiger partial charge >= 0.3 is 0 Å². The number of rotatable bonds is 3. The lowest BCUT2D eigenvalue weighted by Crippen LogP contribution is -1.92. The molecule has 0 spiro atoms. The third kappa shape index (κ3) is 4.69. The highest BCUT2D eigenvalue weighted by Crippen LogP contribution is 2.32. The van der Waals surface area contributed by atoms with Crippen molar-refractivity contribution in [1.82, 2.24) is 0 Å². The second-order valence-corrected chi connectivity index (χ2v) is 6.59. The van der Waals surface area contributed by atoms with E-state index in [4.69, 9.17) is 23.7 Å². The lowest BCUT2D eigenvalue weighted by Gasteiger charge is -2.06. The minimum atomic E-state index is 0.240. The van der Waals surface area contributed by atoms with Crippen LogP contribution in [0.25, 0.3) is 0 Å². The summed E-state index contributed by atoms with van der Waals surface area (Å²) in [6.07, 6.45) is 0. The summed E-state index contributed by atoms with van der Waals surface area (Å²) in [6, 6.07) is 16.9. The van der Waals surface area contributed by atoms with Gasteiger partial charge in [-0.15, -0.1) is 0 Å². The molecule has 1 aliphatic heterocycles. The molecule has 0 amide bonds. The van der Waals surface area contributed by atoms with Gasteiger partial charge in [0.25, 0.3) is 0 Å². The van der Waals surface area contributed by atoms with E-state index in [9.17, 15) is 0 Å². The Balaban J connectivity index is 1.62. The molecule has 5 nitrogen and oxygen atoms in total. The summed E-state index contributed by atoms with van der Waals surface area (Å²) in [7, 11) is 4.82. The number of methoxy groups -OCH3 is 3. The van der Waals surface area contributed by atoms with Crippen molar-refractivity contribution in [2.24, 2.45) is 0 Å². The second-order valence-electron chi connectivity index (χ2n) is 6.59. The zero-order valence-corrected chi connectivity index (χ0v) is 17.4. The Hall–Kier alpha value is -4.22. The van der Waals surface area contributed by atoms with Crippen LogP contribution in [0.1, 0.15) is 22.3 Å². The summed E-state index contributed by atoms with van der Waals surface area (Å²) >= 11 is 0. The Labute approximate surface area is 181 Å². The molecule has 4 rings (SSSR count). The summed E-state index contributed by atoms with van der Waals surface area (Å²) in [6.45, 7) is 0.240. The monoisotopic (exact) mass is 412 g/mol. The molecule has 0 saturated heterocycles. The van der Waals surface area contributed by atoms with Gasteiger partial charge in [-0.1, -0.05) is 23.7 Å². The van der Waals surface area contributed by atoms with Crippen LogP contribution in [0.2, 0.25) is 0 Å². The van der Waals surface area contributed by atoms with Crippen LogP contribution in [0, 0.1) is 23.7 Å². The van der Waals surface area contributed by atoms with Gasteiger partial charge in [0.2, 0.25) is 6.79 Å². The average molecular weight is 412 g/mol. The molecule has 154 valence electrons. The van der Waals surface area contributed by atoms with Crippen molar-refractivity contribution in [1.29, 1.82) is 0 Å². The normalized spacial score (nSPS) is 10.9. The molecule has 0 atom stereocenters. The molecule has 3 aromatic carbocycles. The number of hydrogen-bond donors (Lipinski definition) is 0. The topological polar surface area (TPSA) is 46.2 Å². The predicted molar refractivity (Wildman–Crippen MR) is 117 cm³/mol. The lowest BCUT2D eigenvalue weighted by molar-refractivity contribution is 0.174. The van der Waals surface area contributed by atoms with Crippen LogP contribution in [-0.2, 0) is 0 Å². The predicted octanol–water partition coefficient (Wildman–Crippen LogP) is 4.24. The molecule has 31 heavy (non-hydrogen) atoms. The number of ether oxygens (including phenoxy) is 5. The SMILES string of the molecule is COc1cc(C#Cc2ccc(OC)c(OC)c2)cc(C#Cc2ccc3c(c2)OCO3)c1. The first-order chi connectivity index (χ1) is 15.2. The highest BCUT2D eigenvalue weighted by molar-refractivity contribution is 5.55. The molecule has 0 aliphatic carbocycles. The first-order valence-corrected chi connectivity index (χ1v) is 9.53. The quantitative estimate of drug-likeness (QED) is 0.602. The Morgan fingerprint density at radius 3 is 1.87 bits per heavy atom. The summed E-state index contributed by atoms with van der Waals surface area (Å²) < 4.78 is 26.8. The summed E-state index contributed by atoms with van der Waals surface area (Å²) in [5, 5.41) is 0.